The number of halogens is 1. The Balaban J connectivity index is 0.00000145. The van der Waals surface area contributed by atoms with E-state index in [9.17, 15) is 9.65 Å². The van der Waals surface area contributed by atoms with Crippen molar-refractivity contribution in [3.63, 3.8) is 0 Å². The van der Waals surface area contributed by atoms with Gasteiger partial charge in [0.2, 0.25) is 0 Å². The summed E-state index contributed by atoms with van der Waals surface area (Å²) in [7, 11) is 1.50. The number of ether oxygens (including phenoxy) is 1. The van der Waals surface area contributed by atoms with Gasteiger partial charge in [-0.25, -0.2) is 9.37 Å². The van der Waals surface area contributed by atoms with Crippen LogP contribution in [0, 0.1) is 22.6 Å². The number of nitrogens with one attached hydrogen (secondary N) is 2. The molecule has 1 fully saturated rings. The van der Waals surface area contributed by atoms with Gasteiger partial charge in [-0.15, -0.1) is 0 Å². The number of hydrogen-bond donors (Lipinski definition) is 3. The van der Waals surface area contributed by atoms with Gasteiger partial charge in [0.05, 0.1) is 24.2 Å². The number of pyridine rings is 1. The highest BCUT2D eigenvalue weighted by molar-refractivity contribution is 5.91. The minimum absolute atomic E-state index is 0.392. The second-order valence-electron chi connectivity index (χ2n) is 8.10. The average Bonchev–Trinajstić information content (AvgIpc) is 2.93. The molecule has 0 amide bonds. The molecule has 8 heteroatoms. The summed E-state index contributed by atoms with van der Waals surface area (Å²) >= 11 is 0. The highest BCUT2D eigenvalue weighted by atomic mass is 19.1. The molecule has 2 heterocycles. The Kier molecular flexibility index (Phi) is 14.5. The van der Waals surface area contributed by atoms with E-state index in [1.807, 2.05) is 33.8 Å². The molecule has 0 radical (unpaired) electrons. The SMILES string of the molecule is C/C=C(\NC(CC)=NCC1(C#N)CCOCC1)c1cc(NC2=CCCCC2)ncc1F.CC.CN. The van der Waals surface area contributed by atoms with Crippen LogP contribution in [0.25, 0.3) is 5.70 Å². The Labute approximate surface area is 210 Å². The lowest BCUT2D eigenvalue weighted by Gasteiger charge is -2.29. The number of anilines is 1. The third-order valence-corrected chi connectivity index (χ3v) is 5.89. The molecular weight excluding hydrogens is 443 g/mol. The molecule has 1 aromatic rings. The van der Waals surface area contributed by atoms with E-state index in [4.69, 9.17) is 9.73 Å². The number of rotatable bonds is 7. The Morgan fingerprint density at radius 2 is 2.03 bits per heavy atom. The zero-order chi connectivity index (χ0) is 26.1. The lowest BCUT2D eigenvalue weighted by Crippen LogP contribution is -2.32. The third kappa shape index (κ3) is 9.42. The maximum absolute atomic E-state index is 14.6. The van der Waals surface area contributed by atoms with Crippen LogP contribution in [0.2, 0.25) is 0 Å². The lowest BCUT2D eigenvalue weighted by atomic mass is 9.82. The fraction of sp³-hybridized carbons (Fsp3) is 0.593. The van der Waals surface area contributed by atoms with Crippen molar-refractivity contribution in [2.75, 3.05) is 32.1 Å². The van der Waals surface area contributed by atoms with Gasteiger partial charge in [-0.3, -0.25) is 4.99 Å². The largest absolute Gasteiger partial charge is 0.381 e. The number of nitrogens with zero attached hydrogens (tertiary/aromatic N) is 3. The van der Waals surface area contributed by atoms with Gasteiger partial charge in [0.15, 0.2) is 5.82 Å². The Bertz CT molecular complexity index is 897. The Morgan fingerprint density at radius 3 is 2.60 bits per heavy atom. The van der Waals surface area contributed by atoms with Gasteiger partial charge >= 0.3 is 0 Å². The molecule has 3 rings (SSSR count). The zero-order valence-corrected chi connectivity index (χ0v) is 22.1. The first kappa shape index (κ1) is 30.3. The van der Waals surface area contributed by atoms with Gasteiger partial charge in [0.25, 0.3) is 0 Å². The van der Waals surface area contributed by atoms with E-state index >= 15 is 0 Å². The number of aromatic nitrogens is 1. The average molecular weight is 487 g/mol. The van der Waals surface area contributed by atoms with Crippen molar-refractivity contribution in [3.8, 4) is 6.07 Å². The van der Waals surface area contributed by atoms with Crippen molar-refractivity contribution >= 4 is 17.4 Å². The fourth-order valence-electron chi connectivity index (χ4n) is 3.83. The molecule has 0 saturated carbocycles. The van der Waals surface area contributed by atoms with Crippen molar-refractivity contribution in [1.29, 1.82) is 5.26 Å². The molecule has 0 bridgehead atoms. The number of nitriles is 1. The smallest absolute Gasteiger partial charge is 0.150 e. The van der Waals surface area contributed by atoms with Gasteiger partial charge in [-0.1, -0.05) is 32.9 Å². The van der Waals surface area contributed by atoms with E-state index in [1.54, 1.807) is 6.07 Å². The summed E-state index contributed by atoms with van der Waals surface area (Å²) in [4.78, 5) is 8.90. The van der Waals surface area contributed by atoms with Gasteiger partial charge in [0, 0.05) is 36.6 Å². The molecular formula is C27H43FN6O. The van der Waals surface area contributed by atoms with Crippen LogP contribution in [0.4, 0.5) is 10.2 Å². The number of aliphatic imine (C=N–C) groups is 1. The van der Waals surface area contributed by atoms with E-state index < -0.39 is 11.2 Å². The van der Waals surface area contributed by atoms with E-state index in [0.29, 0.717) is 56.1 Å². The highest BCUT2D eigenvalue weighted by Gasteiger charge is 2.32. The molecule has 1 aromatic heterocycles. The maximum atomic E-state index is 14.6. The van der Waals surface area contributed by atoms with Crippen LogP contribution in [0.3, 0.4) is 0 Å². The van der Waals surface area contributed by atoms with E-state index in [-0.39, 0.29) is 0 Å². The number of hydrogen-bond acceptors (Lipinski definition) is 6. The molecule has 0 spiro atoms. The summed E-state index contributed by atoms with van der Waals surface area (Å²) in [5, 5.41) is 16.3. The molecule has 0 atom stereocenters. The first-order chi connectivity index (χ1) is 17.1. The number of allylic oxidation sites excluding steroid dienone is 3. The lowest BCUT2D eigenvalue weighted by molar-refractivity contribution is 0.0441. The normalized spacial score (nSPS) is 17.5. The standard InChI is InChI=1S/C24H32FN5O.C2H6.CH5N/c1-3-21(30-22(4-2)28-17-24(16-26)10-12-31-13-11-24)19-14-23(27-15-20(19)25)29-18-8-6-5-7-9-18;2*1-2/h3,8,14-15H,4-7,9-13,17H2,1-2H3,(H,27,29)(H,28,30);1-2H3;2H2,1H3/b21-3-;;. The van der Waals surface area contributed by atoms with Crippen LogP contribution in [-0.4, -0.2) is 37.6 Å². The van der Waals surface area contributed by atoms with Crippen LogP contribution in [0.15, 0.2) is 35.1 Å². The number of nitrogens with two attached hydrogens (primary N) is 1. The van der Waals surface area contributed by atoms with Gasteiger partial charge in [0.1, 0.15) is 11.7 Å². The second kappa shape index (κ2) is 16.8. The van der Waals surface area contributed by atoms with Crippen molar-refractivity contribution in [3.05, 3.63) is 41.5 Å². The summed E-state index contributed by atoms with van der Waals surface area (Å²) in [6.45, 7) is 9.45. The van der Waals surface area contributed by atoms with Crippen LogP contribution in [-0.2, 0) is 4.74 Å². The molecule has 7 nitrogen and oxygen atoms in total. The maximum Gasteiger partial charge on any atom is 0.150 e. The van der Waals surface area contributed by atoms with Crippen molar-refractivity contribution in [2.24, 2.45) is 16.1 Å². The van der Waals surface area contributed by atoms with Gasteiger partial charge < -0.3 is 21.1 Å². The molecule has 0 aromatic carbocycles. The van der Waals surface area contributed by atoms with E-state index in [2.05, 4.69) is 33.5 Å². The van der Waals surface area contributed by atoms with Crippen molar-refractivity contribution in [2.45, 2.75) is 72.6 Å². The molecule has 35 heavy (non-hydrogen) atoms. The molecule has 1 aliphatic heterocycles. The van der Waals surface area contributed by atoms with E-state index in [1.165, 1.54) is 19.7 Å². The first-order valence-corrected chi connectivity index (χ1v) is 12.7. The third-order valence-electron chi connectivity index (χ3n) is 5.89. The zero-order valence-electron chi connectivity index (χ0n) is 22.1. The van der Waals surface area contributed by atoms with Crippen LogP contribution in [0.1, 0.15) is 78.2 Å². The van der Waals surface area contributed by atoms with Gasteiger partial charge in [-0.2, -0.15) is 5.26 Å². The number of amidine groups is 1. The van der Waals surface area contributed by atoms with Crippen molar-refractivity contribution < 1.29 is 9.13 Å². The summed E-state index contributed by atoms with van der Waals surface area (Å²) < 4.78 is 20.0. The van der Waals surface area contributed by atoms with Crippen LogP contribution < -0.4 is 16.4 Å². The summed E-state index contributed by atoms with van der Waals surface area (Å²) in [5.74, 6) is 0.971. The molecule has 194 valence electrons. The highest BCUT2D eigenvalue weighted by Crippen LogP contribution is 2.30. The Morgan fingerprint density at radius 1 is 1.31 bits per heavy atom. The summed E-state index contributed by atoms with van der Waals surface area (Å²) in [6, 6.07) is 4.17. The molecule has 2 aliphatic rings. The molecule has 1 saturated heterocycles. The quantitative estimate of drug-likeness (QED) is 0.333. The first-order valence-electron chi connectivity index (χ1n) is 12.7. The predicted octanol–water partition coefficient (Wildman–Crippen LogP) is 5.77. The topological polar surface area (TPSA) is 108 Å². The molecule has 0 unspecified atom stereocenters. The van der Waals surface area contributed by atoms with Crippen molar-refractivity contribution in [1.82, 2.24) is 10.3 Å². The Hall–Kier alpha value is -2.76. The van der Waals surface area contributed by atoms with E-state index in [0.717, 1.165) is 30.8 Å². The minimum atomic E-state index is -0.483. The molecule has 1 aliphatic carbocycles. The van der Waals surface area contributed by atoms with Crippen LogP contribution in [0.5, 0.6) is 0 Å². The van der Waals surface area contributed by atoms with Crippen LogP contribution >= 0.6 is 0 Å². The predicted molar refractivity (Wildman–Crippen MR) is 143 cm³/mol. The fourth-order valence-corrected chi connectivity index (χ4v) is 3.83. The second-order valence-corrected chi connectivity index (χ2v) is 8.10. The molecule has 4 N–H and O–H groups in total. The summed E-state index contributed by atoms with van der Waals surface area (Å²) in [5.41, 5.74) is 6.24. The monoisotopic (exact) mass is 486 g/mol. The van der Waals surface area contributed by atoms with Gasteiger partial charge in [-0.05, 0) is 58.6 Å². The minimum Gasteiger partial charge on any atom is -0.381 e. The summed E-state index contributed by atoms with van der Waals surface area (Å²) in [6.07, 6.45) is 11.7.